The molecule has 0 spiro atoms. The van der Waals surface area contributed by atoms with E-state index in [9.17, 15) is 0 Å². The van der Waals surface area contributed by atoms with E-state index in [0.717, 1.165) is 49.5 Å². The van der Waals surface area contributed by atoms with Crippen molar-refractivity contribution in [3.63, 3.8) is 0 Å². The molecule has 4 heteroatoms. The Balaban J connectivity index is 1.19. The van der Waals surface area contributed by atoms with Crippen LogP contribution in [0.5, 0.6) is 5.75 Å². The molecule has 0 radical (unpaired) electrons. The van der Waals surface area contributed by atoms with Crippen molar-refractivity contribution < 1.29 is 4.74 Å². The summed E-state index contributed by atoms with van der Waals surface area (Å²) in [6.45, 7) is 8.32. The summed E-state index contributed by atoms with van der Waals surface area (Å²) >= 11 is 1.90. The van der Waals surface area contributed by atoms with E-state index in [0.29, 0.717) is 0 Å². The number of allylic oxidation sites excluding steroid dienone is 1. The third-order valence-corrected chi connectivity index (χ3v) is 6.08. The molecule has 132 valence electrons. The Kier molecular flexibility index (Phi) is 5.09. The second-order valence-electron chi connectivity index (χ2n) is 7.00. The van der Waals surface area contributed by atoms with Gasteiger partial charge in [-0.3, -0.25) is 4.90 Å². The number of aryl methyl sites for hydroxylation is 1. The second kappa shape index (κ2) is 7.63. The molecular weight excluding hydrogens is 328 g/mol. The summed E-state index contributed by atoms with van der Waals surface area (Å²) < 4.78 is 5.95. The zero-order chi connectivity index (χ0) is 17.1. The zero-order valence-electron chi connectivity index (χ0n) is 14.7. The molecule has 1 aromatic carbocycles. The van der Waals surface area contributed by atoms with Crippen LogP contribution < -0.4 is 10.1 Å². The number of unbranched alkanes of at least 4 members (excludes halogenated alkanes) is 1. The summed E-state index contributed by atoms with van der Waals surface area (Å²) in [6, 6.07) is 8.67. The monoisotopic (exact) mass is 354 g/mol. The van der Waals surface area contributed by atoms with E-state index >= 15 is 0 Å². The Morgan fingerprint density at radius 3 is 3.04 bits per heavy atom. The average Bonchev–Trinajstić information content (AvgIpc) is 3.09. The lowest BCUT2D eigenvalue weighted by Gasteiger charge is -2.26. The van der Waals surface area contributed by atoms with E-state index in [1.807, 2.05) is 11.3 Å². The summed E-state index contributed by atoms with van der Waals surface area (Å²) in [4.78, 5) is 4.14. The molecule has 0 saturated carbocycles. The van der Waals surface area contributed by atoms with Gasteiger partial charge in [-0.25, -0.2) is 0 Å². The van der Waals surface area contributed by atoms with Crippen molar-refractivity contribution in [2.45, 2.75) is 38.6 Å². The van der Waals surface area contributed by atoms with Gasteiger partial charge in [0.2, 0.25) is 0 Å². The highest BCUT2D eigenvalue weighted by Crippen LogP contribution is 2.29. The topological polar surface area (TPSA) is 24.5 Å². The molecule has 3 nitrogen and oxygen atoms in total. The van der Waals surface area contributed by atoms with Gasteiger partial charge >= 0.3 is 0 Å². The minimum Gasteiger partial charge on any atom is -0.494 e. The number of hydrogen-bond donors (Lipinski definition) is 1. The molecule has 0 atom stereocenters. The van der Waals surface area contributed by atoms with Gasteiger partial charge in [0.15, 0.2) is 0 Å². The number of hydrogen-bond acceptors (Lipinski definition) is 4. The van der Waals surface area contributed by atoms with E-state index in [-0.39, 0.29) is 0 Å². The van der Waals surface area contributed by atoms with Gasteiger partial charge in [0.1, 0.15) is 5.75 Å². The molecule has 2 aromatic rings. The van der Waals surface area contributed by atoms with Crippen LogP contribution in [-0.2, 0) is 19.4 Å². The Morgan fingerprint density at radius 2 is 2.08 bits per heavy atom. The van der Waals surface area contributed by atoms with Gasteiger partial charge in [-0.15, -0.1) is 11.3 Å². The minimum absolute atomic E-state index is 0.790. The molecule has 0 amide bonds. The van der Waals surface area contributed by atoms with Crippen molar-refractivity contribution in [1.82, 2.24) is 4.90 Å². The van der Waals surface area contributed by atoms with Crippen LogP contribution in [-0.4, -0.2) is 24.6 Å². The summed E-state index contributed by atoms with van der Waals surface area (Å²) in [6.07, 6.45) is 5.61. The molecule has 0 bridgehead atoms. The third-order valence-electron chi connectivity index (χ3n) is 5.13. The van der Waals surface area contributed by atoms with Crippen LogP contribution in [0.3, 0.4) is 0 Å². The average molecular weight is 355 g/mol. The van der Waals surface area contributed by atoms with Crippen LogP contribution in [0.25, 0.3) is 0 Å². The molecule has 2 aliphatic heterocycles. The predicted octanol–water partition coefficient (Wildman–Crippen LogP) is 4.84. The van der Waals surface area contributed by atoms with Gasteiger partial charge in [-0.1, -0.05) is 12.6 Å². The molecular formula is C21H26N2OS. The molecule has 0 fully saturated rings. The fraction of sp³-hybridized carbons (Fsp3) is 0.429. The maximum absolute atomic E-state index is 5.95. The van der Waals surface area contributed by atoms with Crippen LogP contribution in [0, 0.1) is 0 Å². The SMILES string of the molecule is C=C1CCc2ccc(OCCCCN3CCc4ccsc4C3)cc2N1. The number of benzene rings is 1. The van der Waals surface area contributed by atoms with E-state index in [2.05, 4.69) is 46.4 Å². The summed E-state index contributed by atoms with van der Waals surface area (Å²) in [5, 5.41) is 5.60. The smallest absolute Gasteiger partial charge is 0.121 e. The number of nitrogens with one attached hydrogen (secondary N) is 1. The number of rotatable bonds is 6. The Hall–Kier alpha value is -1.78. The third kappa shape index (κ3) is 4.07. The number of nitrogens with zero attached hydrogens (tertiary/aromatic N) is 1. The van der Waals surface area contributed by atoms with Gasteiger partial charge in [-0.05, 0) is 67.3 Å². The Labute approximate surface area is 154 Å². The number of anilines is 1. The fourth-order valence-corrected chi connectivity index (χ4v) is 4.60. The van der Waals surface area contributed by atoms with Gasteiger partial charge < -0.3 is 10.1 Å². The lowest BCUT2D eigenvalue weighted by Crippen LogP contribution is -2.30. The highest BCUT2D eigenvalue weighted by molar-refractivity contribution is 7.10. The van der Waals surface area contributed by atoms with Crippen LogP contribution in [0.4, 0.5) is 5.69 Å². The number of ether oxygens (including phenoxy) is 1. The lowest BCUT2D eigenvalue weighted by atomic mass is 10.0. The van der Waals surface area contributed by atoms with E-state index < -0.39 is 0 Å². The van der Waals surface area contributed by atoms with Gasteiger partial charge in [-0.2, -0.15) is 0 Å². The Bertz CT molecular complexity index is 752. The largest absolute Gasteiger partial charge is 0.494 e. The van der Waals surface area contributed by atoms with E-state index in [4.69, 9.17) is 4.74 Å². The zero-order valence-corrected chi connectivity index (χ0v) is 15.5. The molecule has 1 aromatic heterocycles. The highest BCUT2D eigenvalue weighted by atomic mass is 32.1. The van der Waals surface area contributed by atoms with Crippen molar-refractivity contribution in [2.75, 3.05) is 25.0 Å². The van der Waals surface area contributed by atoms with Crippen molar-refractivity contribution in [1.29, 1.82) is 0 Å². The summed E-state index contributed by atoms with van der Waals surface area (Å²) in [5.41, 5.74) is 5.18. The number of fused-ring (bicyclic) bond motifs is 2. The maximum atomic E-state index is 5.95. The first kappa shape index (κ1) is 16.7. The van der Waals surface area contributed by atoms with E-state index in [1.165, 1.54) is 31.5 Å². The maximum Gasteiger partial charge on any atom is 0.121 e. The molecule has 1 N–H and O–H groups in total. The van der Waals surface area contributed by atoms with Crippen molar-refractivity contribution >= 4 is 17.0 Å². The van der Waals surface area contributed by atoms with Gasteiger partial charge in [0.05, 0.1) is 6.61 Å². The first-order chi connectivity index (χ1) is 12.3. The molecule has 0 aliphatic carbocycles. The summed E-state index contributed by atoms with van der Waals surface area (Å²) in [7, 11) is 0. The highest BCUT2D eigenvalue weighted by Gasteiger charge is 2.16. The second-order valence-corrected chi connectivity index (χ2v) is 8.00. The first-order valence-electron chi connectivity index (χ1n) is 9.26. The minimum atomic E-state index is 0.790. The molecule has 4 rings (SSSR count). The quantitative estimate of drug-likeness (QED) is 0.752. The van der Waals surface area contributed by atoms with E-state index in [1.54, 1.807) is 10.4 Å². The van der Waals surface area contributed by atoms with Gasteiger partial charge in [0.25, 0.3) is 0 Å². The summed E-state index contributed by atoms with van der Waals surface area (Å²) in [5.74, 6) is 0.960. The molecule has 0 unspecified atom stereocenters. The molecule has 0 saturated heterocycles. The Morgan fingerprint density at radius 1 is 1.12 bits per heavy atom. The standard InChI is InChI=1S/C21H26N2OS/c1-16-4-5-17-6-7-19(14-20(17)22-16)24-12-3-2-10-23-11-8-18-9-13-25-21(18)15-23/h6-7,9,13-14,22H,1-5,8,10-12,15H2. The van der Waals surface area contributed by atoms with Crippen LogP contribution in [0.1, 0.15) is 35.3 Å². The van der Waals surface area contributed by atoms with Crippen LogP contribution >= 0.6 is 11.3 Å². The predicted molar refractivity (Wildman–Crippen MR) is 106 cm³/mol. The lowest BCUT2D eigenvalue weighted by molar-refractivity contribution is 0.237. The molecule has 2 aliphatic rings. The van der Waals surface area contributed by atoms with Crippen molar-refractivity contribution in [3.8, 4) is 5.75 Å². The van der Waals surface area contributed by atoms with Crippen LogP contribution in [0.15, 0.2) is 41.9 Å². The number of thiophene rings is 1. The van der Waals surface area contributed by atoms with Crippen molar-refractivity contribution in [2.24, 2.45) is 0 Å². The molecule has 3 heterocycles. The fourth-order valence-electron chi connectivity index (χ4n) is 3.63. The normalized spacial score (nSPS) is 16.9. The van der Waals surface area contributed by atoms with Crippen LogP contribution in [0.2, 0.25) is 0 Å². The first-order valence-corrected chi connectivity index (χ1v) is 10.1. The van der Waals surface area contributed by atoms with Crippen molar-refractivity contribution in [3.05, 3.63) is 57.9 Å². The van der Waals surface area contributed by atoms with Gasteiger partial charge in [0, 0.05) is 35.4 Å². The molecule has 25 heavy (non-hydrogen) atoms.